The number of hydrogen-bond acceptors (Lipinski definition) is 6. The number of nitrogens with one attached hydrogen (secondary N) is 2. The van der Waals surface area contributed by atoms with Gasteiger partial charge in [0.2, 0.25) is 17.7 Å². The van der Waals surface area contributed by atoms with Crippen LogP contribution >= 0.6 is 0 Å². The molecule has 2 aromatic rings. The molecule has 2 aromatic carbocycles. The van der Waals surface area contributed by atoms with Gasteiger partial charge in [-0.15, -0.1) is 0 Å². The smallest absolute Gasteiger partial charge is 0.250 e. The summed E-state index contributed by atoms with van der Waals surface area (Å²) in [5.74, 6) is -2.79. The van der Waals surface area contributed by atoms with E-state index in [1.54, 1.807) is 6.07 Å². The number of anilines is 1. The number of benzene rings is 2. The SMILES string of the molecule is O=C1[C@H]2[C@@H](C(=O)N1C1CCCCC1)[C@@]1(N[C@@H]2Cc2ccc(O)c(O)c2)C(=O)Nc2ccccc21. The highest BCUT2D eigenvalue weighted by atomic mass is 16.3. The zero-order chi connectivity index (χ0) is 23.6. The second kappa shape index (κ2) is 7.56. The average molecular weight is 462 g/mol. The summed E-state index contributed by atoms with van der Waals surface area (Å²) in [6, 6.07) is 11.3. The van der Waals surface area contributed by atoms with Crippen molar-refractivity contribution in [2.75, 3.05) is 5.32 Å². The second-order valence-corrected chi connectivity index (χ2v) is 9.93. The maximum atomic E-state index is 13.9. The molecule has 3 aliphatic heterocycles. The van der Waals surface area contributed by atoms with Gasteiger partial charge in [0, 0.05) is 23.3 Å². The molecule has 34 heavy (non-hydrogen) atoms. The molecule has 8 nitrogen and oxygen atoms in total. The quantitative estimate of drug-likeness (QED) is 0.412. The van der Waals surface area contributed by atoms with Crippen molar-refractivity contribution in [2.45, 2.75) is 56.1 Å². The predicted octanol–water partition coefficient (Wildman–Crippen LogP) is 2.39. The van der Waals surface area contributed by atoms with Gasteiger partial charge >= 0.3 is 0 Å². The molecule has 3 fully saturated rings. The van der Waals surface area contributed by atoms with Crippen molar-refractivity contribution in [1.82, 2.24) is 10.2 Å². The molecule has 0 aromatic heterocycles. The molecular weight excluding hydrogens is 434 g/mol. The number of imide groups is 1. The van der Waals surface area contributed by atoms with Crippen LogP contribution in [0, 0.1) is 11.8 Å². The Morgan fingerprint density at radius 3 is 2.47 bits per heavy atom. The summed E-state index contributed by atoms with van der Waals surface area (Å²) in [5, 5.41) is 26.0. The first-order valence-electron chi connectivity index (χ1n) is 12.0. The number of nitrogens with zero attached hydrogens (tertiary/aromatic N) is 1. The summed E-state index contributed by atoms with van der Waals surface area (Å²) in [7, 11) is 0. The number of likely N-dealkylation sites (tertiary alicyclic amines) is 1. The van der Waals surface area contributed by atoms with Crippen LogP contribution in [0.15, 0.2) is 42.5 Å². The lowest BCUT2D eigenvalue weighted by Gasteiger charge is -2.34. The molecule has 8 heteroatoms. The van der Waals surface area contributed by atoms with E-state index in [4.69, 9.17) is 0 Å². The molecule has 176 valence electrons. The van der Waals surface area contributed by atoms with E-state index in [0.29, 0.717) is 23.2 Å². The fraction of sp³-hybridized carbons (Fsp3) is 0.423. The minimum absolute atomic E-state index is 0.116. The van der Waals surface area contributed by atoms with Crippen LogP contribution < -0.4 is 10.6 Å². The van der Waals surface area contributed by atoms with E-state index in [-0.39, 0.29) is 35.3 Å². The summed E-state index contributed by atoms with van der Waals surface area (Å²) < 4.78 is 0. The molecule has 3 amide bonds. The van der Waals surface area contributed by atoms with E-state index < -0.39 is 23.4 Å². The van der Waals surface area contributed by atoms with Crippen molar-refractivity contribution in [3.05, 3.63) is 53.6 Å². The lowest BCUT2D eigenvalue weighted by molar-refractivity contribution is -0.146. The Balaban J connectivity index is 1.45. The Labute approximate surface area is 197 Å². The number of carbonyl (C=O) groups excluding carboxylic acids is 3. The molecular formula is C26H27N3O5. The summed E-state index contributed by atoms with van der Waals surface area (Å²) in [4.78, 5) is 42.7. The van der Waals surface area contributed by atoms with Crippen molar-refractivity contribution >= 4 is 23.4 Å². The molecule has 0 radical (unpaired) electrons. The van der Waals surface area contributed by atoms with E-state index in [0.717, 1.165) is 32.1 Å². The average Bonchev–Trinajstić information content (AvgIpc) is 3.41. The Bertz CT molecular complexity index is 1210. The summed E-state index contributed by atoms with van der Waals surface area (Å²) in [6.45, 7) is 0. The third-order valence-electron chi connectivity index (χ3n) is 8.09. The van der Waals surface area contributed by atoms with Gasteiger partial charge in [0.1, 0.15) is 5.54 Å². The first-order valence-corrected chi connectivity index (χ1v) is 12.0. The molecule has 1 spiro atoms. The van der Waals surface area contributed by atoms with E-state index >= 15 is 0 Å². The second-order valence-electron chi connectivity index (χ2n) is 9.93. The largest absolute Gasteiger partial charge is 0.504 e. The van der Waals surface area contributed by atoms with E-state index in [9.17, 15) is 24.6 Å². The number of hydrogen-bond donors (Lipinski definition) is 4. The number of carbonyl (C=O) groups is 3. The van der Waals surface area contributed by atoms with Gasteiger partial charge in [-0.1, -0.05) is 43.5 Å². The fourth-order valence-corrected chi connectivity index (χ4v) is 6.60. The molecule has 1 aliphatic carbocycles. The topological polar surface area (TPSA) is 119 Å². The van der Waals surface area contributed by atoms with Crippen LogP contribution in [0.1, 0.15) is 43.2 Å². The van der Waals surface area contributed by atoms with Crippen molar-refractivity contribution < 1.29 is 24.6 Å². The monoisotopic (exact) mass is 461 g/mol. The first kappa shape index (κ1) is 21.2. The maximum absolute atomic E-state index is 13.9. The van der Waals surface area contributed by atoms with Crippen LogP contribution in [0.5, 0.6) is 11.5 Å². The molecule has 4 aliphatic rings. The molecule has 4 atom stereocenters. The molecule has 0 bridgehead atoms. The molecule has 0 unspecified atom stereocenters. The number of para-hydroxylation sites is 1. The van der Waals surface area contributed by atoms with Crippen LogP contribution in [-0.4, -0.2) is 44.9 Å². The highest BCUT2D eigenvalue weighted by molar-refractivity contribution is 6.15. The zero-order valence-electron chi connectivity index (χ0n) is 18.7. The van der Waals surface area contributed by atoms with Gasteiger partial charge in [-0.25, -0.2) is 0 Å². The Kier molecular flexibility index (Phi) is 4.71. The van der Waals surface area contributed by atoms with Gasteiger partial charge in [0.15, 0.2) is 11.5 Å². The van der Waals surface area contributed by atoms with Crippen molar-refractivity contribution in [3.63, 3.8) is 0 Å². The minimum Gasteiger partial charge on any atom is -0.504 e. The molecule has 1 saturated carbocycles. The normalized spacial score (nSPS) is 30.6. The first-order chi connectivity index (χ1) is 16.4. The predicted molar refractivity (Wildman–Crippen MR) is 123 cm³/mol. The van der Waals surface area contributed by atoms with Gasteiger partial charge in [0.25, 0.3) is 0 Å². The molecule has 4 N–H and O–H groups in total. The van der Waals surface area contributed by atoms with Crippen LogP contribution in [0.25, 0.3) is 0 Å². The third kappa shape index (κ3) is 2.84. The lowest BCUT2D eigenvalue weighted by atomic mass is 9.76. The molecule has 3 heterocycles. The van der Waals surface area contributed by atoms with Gasteiger partial charge < -0.3 is 15.5 Å². The Morgan fingerprint density at radius 2 is 1.71 bits per heavy atom. The number of phenols is 2. The van der Waals surface area contributed by atoms with Crippen molar-refractivity contribution in [1.29, 1.82) is 0 Å². The number of rotatable bonds is 3. The van der Waals surface area contributed by atoms with E-state index in [1.807, 2.05) is 24.3 Å². The number of phenolic OH excluding ortho intramolecular Hbond substituents is 2. The van der Waals surface area contributed by atoms with Crippen molar-refractivity contribution in [3.8, 4) is 11.5 Å². The minimum atomic E-state index is -1.32. The summed E-state index contributed by atoms with van der Waals surface area (Å²) in [5.41, 5.74) is 0.725. The van der Waals surface area contributed by atoms with Gasteiger partial charge in [-0.05, 0) is 43.0 Å². The van der Waals surface area contributed by atoms with Crippen LogP contribution in [0.4, 0.5) is 5.69 Å². The summed E-state index contributed by atoms with van der Waals surface area (Å²) in [6.07, 6.45) is 5.00. The molecule has 6 rings (SSSR count). The van der Waals surface area contributed by atoms with E-state index in [1.165, 1.54) is 17.0 Å². The zero-order valence-corrected chi connectivity index (χ0v) is 18.7. The number of amides is 3. The number of aromatic hydroxyl groups is 2. The van der Waals surface area contributed by atoms with E-state index in [2.05, 4.69) is 10.6 Å². The standard InChI is InChI=1S/C26H27N3O5/c30-19-11-10-14(13-20(19)31)12-18-21-22(24(33)29(23(21)32)15-6-2-1-3-7-15)26(28-18)16-8-4-5-9-17(16)27-25(26)34/h4-5,8-11,13,15,18,21-22,28,30-31H,1-3,6-7,12H2,(H,27,34)/t18-,21-,22+,26-/m1/s1. The highest BCUT2D eigenvalue weighted by Gasteiger charge is 2.70. The number of fused-ring (bicyclic) bond motifs is 4. The summed E-state index contributed by atoms with van der Waals surface area (Å²) >= 11 is 0. The highest BCUT2D eigenvalue weighted by Crippen LogP contribution is 2.54. The van der Waals surface area contributed by atoms with Crippen molar-refractivity contribution in [2.24, 2.45) is 11.8 Å². The lowest BCUT2D eigenvalue weighted by Crippen LogP contribution is -2.54. The third-order valence-corrected chi connectivity index (χ3v) is 8.09. The Hall–Kier alpha value is -3.39. The van der Waals surface area contributed by atoms with Crippen LogP contribution in [0.2, 0.25) is 0 Å². The van der Waals surface area contributed by atoms with Crippen LogP contribution in [-0.2, 0) is 26.3 Å². The van der Waals surface area contributed by atoms with Gasteiger partial charge in [-0.3, -0.25) is 24.6 Å². The molecule has 2 saturated heterocycles. The van der Waals surface area contributed by atoms with Crippen LogP contribution in [0.3, 0.4) is 0 Å². The van der Waals surface area contributed by atoms with Gasteiger partial charge in [-0.2, -0.15) is 0 Å². The maximum Gasteiger partial charge on any atom is 0.250 e. The Morgan fingerprint density at radius 1 is 0.941 bits per heavy atom. The van der Waals surface area contributed by atoms with Gasteiger partial charge in [0.05, 0.1) is 11.8 Å². The fourth-order valence-electron chi connectivity index (χ4n) is 6.60.